The van der Waals surface area contributed by atoms with Gasteiger partial charge in [0.05, 0.1) is 23.9 Å². The van der Waals surface area contributed by atoms with Gasteiger partial charge in [0, 0.05) is 11.5 Å². The van der Waals surface area contributed by atoms with Gasteiger partial charge in [-0.15, -0.1) is 0 Å². The molecule has 2 aromatic carbocycles. The van der Waals surface area contributed by atoms with Crippen molar-refractivity contribution in [1.29, 1.82) is 0 Å². The fraction of sp³-hybridized carbons (Fsp3) is 0.333. The third kappa shape index (κ3) is 4.03. The third-order valence-corrected chi connectivity index (χ3v) is 8.42. The highest BCUT2D eigenvalue weighted by Crippen LogP contribution is 2.56. The lowest BCUT2D eigenvalue weighted by molar-refractivity contribution is -0.185. The van der Waals surface area contributed by atoms with E-state index in [0.29, 0.717) is 11.1 Å². The molecule has 3 aliphatic carbocycles. The Hall–Kier alpha value is -4.48. The maximum atomic E-state index is 14.2. The lowest BCUT2D eigenvalue weighted by Crippen LogP contribution is -2.71. The second kappa shape index (κ2) is 9.86. The molecule has 0 bridgehead atoms. The largest absolute Gasteiger partial charge is 0.508 e. The van der Waals surface area contributed by atoms with Crippen LogP contribution >= 0.6 is 0 Å². The lowest BCUT2D eigenvalue weighted by Gasteiger charge is -2.54. The van der Waals surface area contributed by atoms with Crippen molar-refractivity contribution in [3.8, 4) is 5.75 Å². The van der Waals surface area contributed by atoms with Gasteiger partial charge in [-0.2, -0.15) is 0 Å². The number of benzene rings is 2. The first kappa shape index (κ1) is 28.1. The standard InChI is InChI=1S/C30H30N2O9/c1-13-15-10-7-11-16(33)19(15)24(35)20-18(13)26(41-17(34)12-14-8-5-4-6-9-14)22-23(32(2)3)25(36)21(29(31)39)28(38)30(22,40)27(20)37/h4-11,13,18,22-23,26,33,35,38,40H,12H2,1-3H3,(H2,31,39). The van der Waals surface area contributed by atoms with Gasteiger partial charge in [-0.1, -0.05) is 49.4 Å². The number of nitrogens with zero attached hydrogens (tertiary/aromatic N) is 1. The number of esters is 1. The Bertz CT molecular complexity index is 1540. The smallest absolute Gasteiger partial charge is 0.310 e. The Morgan fingerprint density at radius 2 is 1.68 bits per heavy atom. The second-order valence-electron chi connectivity index (χ2n) is 10.9. The topological polar surface area (TPSA) is 188 Å². The minimum Gasteiger partial charge on any atom is -0.508 e. The molecule has 6 atom stereocenters. The molecule has 41 heavy (non-hydrogen) atoms. The van der Waals surface area contributed by atoms with Gasteiger partial charge in [0.15, 0.2) is 11.4 Å². The van der Waals surface area contributed by atoms with E-state index in [1.165, 1.54) is 25.1 Å². The number of phenolic OH excluding ortho intramolecular Hbond substituents is 1. The number of fused-ring (bicyclic) bond motifs is 3. The van der Waals surface area contributed by atoms with Gasteiger partial charge in [-0.05, 0) is 37.2 Å². The van der Waals surface area contributed by atoms with Crippen molar-refractivity contribution in [3.05, 3.63) is 82.1 Å². The van der Waals surface area contributed by atoms with Crippen LogP contribution in [0, 0.1) is 11.8 Å². The summed E-state index contributed by atoms with van der Waals surface area (Å²) in [5.74, 6) is -9.91. The number of amides is 1. The van der Waals surface area contributed by atoms with E-state index in [4.69, 9.17) is 10.5 Å². The van der Waals surface area contributed by atoms with E-state index < -0.39 is 81.6 Å². The van der Waals surface area contributed by atoms with Gasteiger partial charge >= 0.3 is 5.97 Å². The summed E-state index contributed by atoms with van der Waals surface area (Å²) in [5, 5.41) is 45.2. The minimum absolute atomic E-state index is 0.0503. The zero-order valence-electron chi connectivity index (χ0n) is 22.6. The Kier molecular flexibility index (Phi) is 6.75. The van der Waals surface area contributed by atoms with Gasteiger partial charge in [-0.25, -0.2) is 0 Å². The molecule has 5 rings (SSSR count). The number of phenols is 1. The van der Waals surface area contributed by atoms with Crippen molar-refractivity contribution in [2.45, 2.75) is 37.0 Å². The highest BCUT2D eigenvalue weighted by atomic mass is 16.5. The molecule has 0 aliphatic heterocycles. The maximum absolute atomic E-state index is 14.2. The third-order valence-electron chi connectivity index (χ3n) is 8.42. The quantitative estimate of drug-likeness (QED) is 0.262. The number of primary amides is 1. The summed E-state index contributed by atoms with van der Waals surface area (Å²) < 4.78 is 6.00. The number of carbonyl (C=O) groups is 4. The van der Waals surface area contributed by atoms with Crippen LogP contribution in [0.25, 0.3) is 5.76 Å². The maximum Gasteiger partial charge on any atom is 0.310 e. The highest BCUT2D eigenvalue weighted by molar-refractivity contribution is 6.24. The Balaban J connectivity index is 1.78. The molecular formula is C30H30N2O9. The molecule has 0 spiro atoms. The number of hydrogen-bond donors (Lipinski definition) is 5. The molecule has 0 radical (unpaired) electrons. The van der Waals surface area contributed by atoms with E-state index in [-0.39, 0.29) is 17.7 Å². The molecule has 6 N–H and O–H groups in total. The first-order valence-electron chi connectivity index (χ1n) is 13.0. The first-order valence-corrected chi connectivity index (χ1v) is 13.0. The van der Waals surface area contributed by atoms with Crippen molar-refractivity contribution < 1.29 is 44.3 Å². The number of nitrogens with two attached hydrogens (primary N) is 1. The van der Waals surface area contributed by atoms with Crippen LogP contribution in [-0.2, 0) is 30.3 Å². The molecule has 11 heteroatoms. The summed E-state index contributed by atoms with van der Waals surface area (Å²) in [5.41, 5.74) is 2.06. The van der Waals surface area contributed by atoms with Crippen LogP contribution in [0.2, 0.25) is 0 Å². The van der Waals surface area contributed by atoms with Crippen molar-refractivity contribution >= 4 is 29.2 Å². The Morgan fingerprint density at radius 3 is 2.29 bits per heavy atom. The van der Waals surface area contributed by atoms with Crippen molar-refractivity contribution in [2.24, 2.45) is 17.6 Å². The number of aromatic hydroxyl groups is 1. The van der Waals surface area contributed by atoms with E-state index in [9.17, 15) is 39.6 Å². The zero-order valence-corrected chi connectivity index (χ0v) is 22.6. The molecule has 0 saturated heterocycles. The van der Waals surface area contributed by atoms with Gasteiger partial charge < -0.3 is 30.9 Å². The summed E-state index contributed by atoms with van der Waals surface area (Å²) >= 11 is 0. The molecule has 0 heterocycles. The molecule has 0 aromatic heterocycles. The number of aliphatic hydroxyl groups excluding tert-OH is 2. The summed E-state index contributed by atoms with van der Waals surface area (Å²) in [4.78, 5) is 54.8. The minimum atomic E-state index is -2.98. The normalized spacial score (nSPS) is 29.1. The fourth-order valence-electron chi connectivity index (χ4n) is 6.64. The van der Waals surface area contributed by atoms with Gasteiger partial charge in [0.2, 0.25) is 5.78 Å². The van der Waals surface area contributed by atoms with Crippen molar-refractivity contribution in [3.63, 3.8) is 0 Å². The number of carbonyl (C=O) groups excluding carboxylic acids is 4. The van der Waals surface area contributed by atoms with E-state index in [0.717, 1.165) is 0 Å². The van der Waals surface area contributed by atoms with Crippen molar-refractivity contribution in [2.75, 3.05) is 14.1 Å². The molecule has 3 aliphatic rings. The monoisotopic (exact) mass is 562 g/mol. The molecule has 6 unspecified atom stereocenters. The average molecular weight is 563 g/mol. The van der Waals surface area contributed by atoms with Gasteiger partial charge in [-0.3, -0.25) is 24.1 Å². The van der Waals surface area contributed by atoms with E-state index in [2.05, 4.69) is 0 Å². The lowest BCUT2D eigenvalue weighted by atomic mass is 9.54. The van der Waals surface area contributed by atoms with Crippen LogP contribution < -0.4 is 5.73 Å². The fourth-order valence-corrected chi connectivity index (χ4v) is 6.64. The number of aliphatic hydroxyl groups is 3. The van der Waals surface area contributed by atoms with Crippen LogP contribution in [0.15, 0.2) is 65.4 Å². The zero-order chi connectivity index (χ0) is 30.0. The van der Waals surface area contributed by atoms with Crippen LogP contribution in [0.5, 0.6) is 5.75 Å². The van der Waals surface area contributed by atoms with E-state index >= 15 is 0 Å². The molecule has 1 saturated carbocycles. The second-order valence-corrected chi connectivity index (χ2v) is 10.9. The average Bonchev–Trinajstić information content (AvgIpc) is 2.90. The summed E-state index contributed by atoms with van der Waals surface area (Å²) in [6.07, 6.45) is -1.64. The highest BCUT2D eigenvalue weighted by Gasteiger charge is 2.69. The number of hydrogen-bond acceptors (Lipinski definition) is 10. The van der Waals surface area contributed by atoms with Gasteiger partial charge in [0.25, 0.3) is 5.91 Å². The summed E-state index contributed by atoms with van der Waals surface area (Å²) in [6.45, 7) is 1.70. The van der Waals surface area contributed by atoms with E-state index in [1.807, 2.05) is 0 Å². The molecule has 2 aromatic rings. The van der Waals surface area contributed by atoms with Crippen LogP contribution in [0.1, 0.15) is 29.5 Å². The Labute approximate surface area is 235 Å². The summed E-state index contributed by atoms with van der Waals surface area (Å²) in [7, 11) is 2.94. The molecule has 1 fully saturated rings. The van der Waals surface area contributed by atoms with E-state index in [1.54, 1.807) is 49.4 Å². The molecule has 1 amide bonds. The number of ketones is 2. The van der Waals surface area contributed by atoms with Crippen LogP contribution in [0.4, 0.5) is 0 Å². The number of likely N-dealkylation sites (N-methyl/N-ethyl adjacent to an activating group) is 1. The predicted octanol–water partition coefficient (Wildman–Crippen LogP) is 1.29. The van der Waals surface area contributed by atoms with Crippen LogP contribution in [0.3, 0.4) is 0 Å². The predicted molar refractivity (Wildman–Crippen MR) is 144 cm³/mol. The SMILES string of the molecule is CC1c2cccc(O)c2C(O)=C2C(=O)C3(O)C(O)=C(C(N)=O)C(=O)C(N(C)C)C3C(OC(=O)Cc3ccccc3)C21. The molecular weight excluding hydrogens is 532 g/mol. The number of Topliss-reactive ketones (excluding diaryl/α,β-unsaturated/α-hetero) is 2. The summed E-state index contributed by atoms with van der Waals surface area (Å²) in [6, 6.07) is 11.7. The first-order chi connectivity index (χ1) is 19.3. The Morgan fingerprint density at radius 1 is 1.02 bits per heavy atom. The van der Waals surface area contributed by atoms with Crippen LogP contribution in [-0.4, -0.2) is 80.6 Å². The molecule has 11 nitrogen and oxygen atoms in total. The number of ether oxygens (including phenoxy) is 1. The molecule has 214 valence electrons. The van der Waals surface area contributed by atoms with Crippen molar-refractivity contribution in [1.82, 2.24) is 4.90 Å². The van der Waals surface area contributed by atoms with Gasteiger partial charge in [0.1, 0.15) is 28.9 Å². The number of rotatable bonds is 5.